The van der Waals surface area contributed by atoms with Gasteiger partial charge < -0.3 is 14.2 Å². The van der Waals surface area contributed by atoms with Crippen LogP contribution < -0.4 is 4.90 Å². The van der Waals surface area contributed by atoms with Crippen molar-refractivity contribution in [1.29, 1.82) is 0 Å². The highest BCUT2D eigenvalue weighted by Gasteiger charge is 2.19. The van der Waals surface area contributed by atoms with E-state index in [2.05, 4.69) is 40.9 Å². The van der Waals surface area contributed by atoms with Crippen molar-refractivity contribution in [1.82, 2.24) is 9.88 Å². The molecule has 0 bridgehead atoms. The zero-order valence-electron chi connectivity index (χ0n) is 11.0. The molecular weight excluding hydrogens is 226 g/mol. The second kappa shape index (κ2) is 4.61. The number of rotatable bonds is 2. The van der Waals surface area contributed by atoms with E-state index in [0.717, 1.165) is 49.7 Å². The Morgan fingerprint density at radius 1 is 1.22 bits per heavy atom. The second-order valence-corrected chi connectivity index (χ2v) is 4.91. The Bertz CT molecular complexity index is 541. The van der Waals surface area contributed by atoms with E-state index in [9.17, 15) is 0 Å². The topological polar surface area (TPSA) is 32.5 Å². The zero-order chi connectivity index (χ0) is 12.5. The highest BCUT2D eigenvalue weighted by atomic mass is 16.4. The molecule has 3 rings (SSSR count). The maximum absolute atomic E-state index is 5.96. The summed E-state index contributed by atoms with van der Waals surface area (Å²) in [5, 5.41) is 0. The molecule has 1 aliphatic rings. The molecule has 2 heterocycles. The van der Waals surface area contributed by atoms with Crippen LogP contribution in [0.3, 0.4) is 0 Å². The molecule has 1 aromatic heterocycles. The van der Waals surface area contributed by atoms with Crippen LogP contribution in [0.4, 0.5) is 6.01 Å². The van der Waals surface area contributed by atoms with Gasteiger partial charge in [-0.25, -0.2) is 0 Å². The minimum Gasteiger partial charge on any atom is -0.423 e. The SMILES string of the molecule is CCc1cccc2nc(N3CCN(C)CC3)oc12. The molecule has 0 atom stereocenters. The van der Waals surface area contributed by atoms with Gasteiger partial charge in [-0.15, -0.1) is 0 Å². The number of nitrogens with zero attached hydrogens (tertiary/aromatic N) is 3. The number of para-hydroxylation sites is 1. The van der Waals surface area contributed by atoms with Crippen molar-refractivity contribution in [3.05, 3.63) is 23.8 Å². The summed E-state index contributed by atoms with van der Waals surface area (Å²) in [6.45, 7) is 6.26. The molecule has 0 spiro atoms. The smallest absolute Gasteiger partial charge is 0.298 e. The largest absolute Gasteiger partial charge is 0.423 e. The Hall–Kier alpha value is -1.55. The maximum atomic E-state index is 5.96. The van der Waals surface area contributed by atoms with Crippen molar-refractivity contribution in [3.8, 4) is 0 Å². The summed E-state index contributed by atoms with van der Waals surface area (Å²) in [5.41, 5.74) is 3.16. The molecule has 18 heavy (non-hydrogen) atoms. The number of likely N-dealkylation sites (N-methyl/N-ethyl adjacent to an activating group) is 1. The van der Waals surface area contributed by atoms with Crippen molar-refractivity contribution >= 4 is 17.1 Å². The molecule has 1 fully saturated rings. The standard InChI is InChI=1S/C14H19N3O/c1-3-11-5-4-6-12-13(11)18-14(15-12)17-9-7-16(2)8-10-17/h4-6H,3,7-10H2,1-2H3. The Morgan fingerprint density at radius 2 is 2.00 bits per heavy atom. The van der Waals surface area contributed by atoms with E-state index < -0.39 is 0 Å². The van der Waals surface area contributed by atoms with Crippen molar-refractivity contribution in [2.45, 2.75) is 13.3 Å². The first-order valence-corrected chi connectivity index (χ1v) is 6.60. The number of aryl methyl sites for hydroxylation is 1. The maximum Gasteiger partial charge on any atom is 0.298 e. The van der Waals surface area contributed by atoms with Gasteiger partial charge >= 0.3 is 0 Å². The summed E-state index contributed by atoms with van der Waals surface area (Å²) >= 11 is 0. The molecule has 0 N–H and O–H groups in total. The fraction of sp³-hybridized carbons (Fsp3) is 0.500. The normalized spacial score (nSPS) is 17.6. The molecule has 0 aliphatic carbocycles. The molecule has 0 radical (unpaired) electrons. The van der Waals surface area contributed by atoms with Crippen LogP contribution in [0.15, 0.2) is 22.6 Å². The number of aromatic nitrogens is 1. The predicted octanol–water partition coefficient (Wildman–Crippen LogP) is 2.14. The Balaban J connectivity index is 1.93. The summed E-state index contributed by atoms with van der Waals surface area (Å²) < 4.78 is 5.96. The molecule has 0 saturated carbocycles. The third-order valence-electron chi connectivity index (χ3n) is 3.64. The minimum absolute atomic E-state index is 0.777. The third kappa shape index (κ3) is 1.97. The summed E-state index contributed by atoms with van der Waals surface area (Å²) in [5.74, 6) is 0. The highest BCUT2D eigenvalue weighted by Crippen LogP contribution is 2.25. The van der Waals surface area contributed by atoms with Gasteiger partial charge in [0.2, 0.25) is 0 Å². The zero-order valence-corrected chi connectivity index (χ0v) is 11.0. The fourth-order valence-electron chi connectivity index (χ4n) is 2.41. The van der Waals surface area contributed by atoms with E-state index in [1.807, 2.05) is 6.07 Å². The highest BCUT2D eigenvalue weighted by molar-refractivity contribution is 5.78. The van der Waals surface area contributed by atoms with E-state index in [-0.39, 0.29) is 0 Å². The van der Waals surface area contributed by atoms with Gasteiger partial charge in [0.05, 0.1) is 0 Å². The van der Waals surface area contributed by atoms with Gasteiger partial charge in [0.25, 0.3) is 6.01 Å². The quantitative estimate of drug-likeness (QED) is 0.811. The van der Waals surface area contributed by atoms with Crippen LogP contribution in [0.5, 0.6) is 0 Å². The van der Waals surface area contributed by atoms with Crippen molar-refractivity contribution in [2.75, 3.05) is 38.1 Å². The van der Waals surface area contributed by atoms with Gasteiger partial charge in [0.1, 0.15) is 5.52 Å². The minimum atomic E-state index is 0.777. The second-order valence-electron chi connectivity index (χ2n) is 4.91. The van der Waals surface area contributed by atoms with Crippen LogP contribution in [0.2, 0.25) is 0 Å². The first-order valence-electron chi connectivity index (χ1n) is 6.60. The van der Waals surface area contributed by atoms with Gasteiger partial charge in [-0.3, -0.25) is 0 Å². The fourth-order valence-corrected chi connectivity index (χ4v) is 2.41. The third-order valence-corrected chi connectivity index (χ3v) is 3.64. The molecule has 0 unspecified atom stereocenters. The molecule has 1 saturated heterocycles. The lowest BCUT2D eigenvalue weighted by Gasteiger charge is -2.31. The number of piperazine rings is 1. The molecule has 4 heteroatoms. The summed E-state index contributed by atoms with van der Waals surface area (Å²) in [6.07, 6.45) is 0.981. The number of oxazole rings is 1. The number of fused-ring (bicyclic) bond motifs is 1. The molecule has 2 aromatic rings. The number of hydrogen-bond donors (Lipinski definition) is 0. The Labute approximate surface area is 107 Å². The average molecular weight is 245 g/mol. The Morgan fingerprint density at radius 3 is 2.72 bits per heavy atom. The van der Waals surface area contributed by atoms with Crippen molar-refractivity contribution in [3.63, 3.8) is 0 Å². The summed E-state index contributed by atoms with van der Waals surface area (Å²) in [7, 11) is 2.15. The van der Waals surface area contributed by atoms with Crippen LogP contribution in [-0.2, 0) is 6.42 Å². The van der Waals surface area contributed by atoms with E-state index >= 15 is 0 Å². The van der Waals surface area contributed by atoms with Crippen LogP contribution in [-0.4, -0.2) is 43.1 Å². The van der Waals surface area contributed by atoms with Gasteiger partial charge in [-0.05, 0) is 25.1 Å². The van der Waals surface area contributed by atoms with Crippen molar-refractivity contribution in [2.24, 2.45) is 0 Å². The number of hydrogen-bond acceptors (Lipinski definition) is 4. The summed E-state index contributed by atoms with van der Waals surface area (Å²) in [4.78, 5) is 9.18. The van der Waals surface area contributed by atoms with Crippen molar-refractivity contribution < 1.29 is 4.42 Å². The van der Waals surface area contributed by atoms with E-state index in [0.29, 0.717) is 0 Å². The molecule has 96 valence electrons. The molecule has 0 amide bonds. The lowest BCUT2D eigenvalue weighted by molar-refractivity contribution is 0.305. The lowest BCUT2D eigenvalue weighted by atomic mass is 10.1. The van der Waals surface area contributed by atoms with Gasteiger partial charge in [0.15, 0.2) is 5.58 Å². The number of benzene rings is 1. The number of anilines is 1. The first kappa shape index (κ1) is 11.5. The van der Waals surface area contributed by atoms with E-state index in [1.54, 1.807) is 0 Å². The van der Waals surface area contributed by atoms with Crippen LogP contribution >= 0.6 is 0 Å². The average Bonchev–Trinajstić information content (AvgIpc) is 2.83. The Kier molecular flexibility index (Phi) is 2.96. The van der Waals surface area contributed by atoms with Gasteiger partial charge in [-0.1, -0.05) is 19.1 Å². The molecule has 1 aliphatic heterocycles. The lowest BCUT2D eigenvalue weighted by Crippen LogP contribution is -2.44. The molecule has 1 aromatic carbocycles. The van der Waals surface area contributed by atoms with Crippen LogP contribution in [0.1, 0.15) is 12.5 Å². The molecule has 4 nitrogen and oxygen atoms in total. The van der Waals surface area contributed by atoms with Crippen LogP contribution in [0.25, 0.3) is 11.1 Å². The van der Waals surface area contributed by atoms with Gasteiger partial charge in [-0.2, -0.15) is 4.98 Å². The van der Waals surface area contributed by atoms with E-state index in [4.69, 9.17) is 4.42 Å². The predicted molar refractivity (Wildman–Crippen MR) is 73.1 cm³/mol. The monoisotopic (exact) mass is 245 g/mol. The molecular formula is C14H19N3O. The van der Waals surface area contributed by atoms with Gasteiger partial charge in [0, 0.05) is 26.2 Å². The van der Waals surface area contributed by atoms with Crippen LogP contribution in [0, 0.1) is 0 Å². The van der Waals surface area contributed by atoms with E-state index in [1.165, 1.54) is 5.56 Å². The first-order chi connectivity index (χ1) is 8.78. The summed E-state index contributed by atoms with van der Waals surface area (Å²) in [6, 6.07) is 6.97.